The van der Waals surface area contributed by atoms with E-state index in [4.69, 9.17) is 0 Å². The highest BCUT2D eigenvalue weighted by atomic mass is 19.1. The third kappa shape index (κ3) is 3.77. The summed E-state index contributed by atoms with van der Waals surface area (Å²) in [4.78, 5) is 58.8. The maximum Gasteiger partial charge on any atom is 0.320 e. The van der Waals surface area contributed by atoms with Crippen LogP contribution in [0.5, 0.6) is 0 Å². The number of urea groups is 1. The first-order chi connectivity index (χ1) is 19.4. The normalized spacial score (nSPS) is 18.3. The van der Waals surface area contributed by atoms with E-state index in [1.54, 1.807) is 26.6 Å². The molecule has 0 radical (unpaired) electrons. The number of hydrogen-bond acceptors (Lipinski definition) is 5. The van der Waals surface area contributed by atoms with Gasteiger partial charge in [0.1, 0.15) is 17.8 Å². The van der Waals surface area contributed by atoms with Crippen molar-refractivity contribution in [3.05, 3.63) is 71.6 Å². The molecular formula is C30H26FN5O4. The molecule has 0 N–H and O–H groups in total. The lowest BCUT2D eigenvalue weighted by Crippen LogP contribution is -2.47. The van der Waals surface area contributed by atoms with Crippen molar-refractivity contribution in [3.63, 3.8) is 0 Å². The molecule has 0 atom stereocenters. The van der Waals surface area contributed by atoms with Crippen molar-refractivity contribution in [2.45, 2.75) is 32.4 Å². The van der Waals surface area contributed by atoms with Crippen molar-refractivity contribution in [2.24, 2.45) is 5.92 Å². The number of carbonyl (C=O) groups is 4. The number of amides is 2. The number of nitrogens with zero attached hydrogens (tertiary/aromatic N) is 5. The molecule has 0 saturated carbocycles. The second-order valence-corrected chi connectivity index (χ2v) is 10.7. The van der Waals surface area contributed by atoms with Crippen LogP contribution >= 0.6 is 0 Å². The molecular weight excluding hydrogens is 513 g/mol. The number of rotatable bonds is 3. The van der Waals surface area contributed by atoms with Crippen LogP contribution in [0, 0.1) is 11.7 Å². The van der Waals surface area contributed by atoms with E-state index in [1.165, 1.54) is 12.1 Å². The number of allylic oxidation sites excluding steroid dienone is 2. The summed E-state index contributed by atoms with van der Waals surface area (Å²) in [7, 11) is 0. The van der Waals surface area contributed by atoms with Gasteiger partial charge in [0, 0.05) is 67.6 Å². The summed E-state index contributed by atoms with van der Waals surface area (Å²) in [6.45, 7) is 2.11. The Kier molecular flexibility index (Phi) is 5.65. The number of Topliss-reactive ketones (excluding diaryl/α,β-unsaturated/α-hetero) is 2. The van der Waals surface area contributed by atoms with Gasteiger partial charge in [-0.3, -0.25) is 14.0 Å². The van der Waals surface area contributed by atoms with Gasteiger partial charge in [-0.2, -0.15) is 0 Å². The highest BCUT2D eigenvalue weighted by Crippen LogP contribution is 2.41. The molecule has 3 aliphatic rings. The molecule has 10 heteroatoms. The molecule has 202 valence electrons. The summed E-state index contributed by atoms with van der Waals surface area (Å²) < 4.78 is 18.8. The number of halogens is 1. The highest BCUT2D eigenvalue weighted by molar-refractivity contribution is 6.51. The average Bonchev–Trinajstić information content (AvgIpc) is 3.58. The van der Waals surface area contributed by atoms with E-state index in [1.807, 2.05) is 29.0 Å². The lowest BCUT2D eigenvalue weighted by Gasteiger charge is -2.34. The Hall–Kier alpha value is -4.60. The van der Waals surface area contributed by atoms with Crippen LogP contribution in [0.15, 0.2) is 48.9 Å². The van der Waals surface area contributed by atoms with E-state index < -0.39 is 5.82 Å². The number of hydrogen-bond donors (Lipinski definition) is 0. The molecule has 1 fully saturated rings. The Morgan fingerprint density at radius 1 is 1.00 bits per heavy atom. The number of carbonyl (C=O) groups excluding carboxylic acids is 4. The van der Waals surface area contributed by atoms with E-state index in [9.17, 15) is 19.2 Å². The number of likely N-dealkylation sites (tertiary alicyclic amines) is 1. The van der Waals surface area contributed by atoms with E-state index in [-0.39, 0.29) is 42.1 Å². The topological polar surface area (TPSA) is 97.0 Å². The van der Waals surface area contributed by atoms with E-state index in [0.29, 0.717) is 72.4 Å². The fraction of sp³-hybridized carbons (Fsp3) is 0.300. The zero-order valence-corrected chi connectivity index (χ0v) is 21.7. The average molecular weight is 540 g/mol. The SMILES string of the molecule is O=CC1CCN(C(=O)N2CCn3cc(C4=C(c5cnc6ccccn56)C(=O)CC4=O)c4cc(F)cc(c43)C2)CC1. The van der Waals surface area contributed by atoms with Crippen LogP contribution < -0.4 is 0 Å². The van der Waals surface area contributed by atoms with Crippen LogP contribution in [-0.2, 0) is 27.5 Å². The van der Waals surface area contributed by atoms with Crippen LogP contribution in [0.2, 0.25) is 0 Å². The number of pyridine rings is 1. The van der Waals surface area contributed by atoms with Crippen molar-refractivity contribution >= 4 is 51.6 Å². The standard InChI is InChI=1S/C30H26FN5O4/c31-20-11-19-15-35(30(40)33-7-4-18(17-37)5-8-33)10-9-34-16-22(21(12-20)29(19)34)27-24(38)13-25(39)28(27)23-14-32-26-3-1-2-6-36(23)26/h1-3,6,11-12,14,16-18H,4-5,7-10,13,15H2. The number of imidazole rings is 1. The van der Waals surface area contributed by atoms with E-state index in [0.717, 1.165) is 11.8 Å². The summed E-state index contributed by atoms with van der Waals surface area (Å²) in [5.41, 5.74) is 3.67. The third-order valence-corrected chi connectivity index (χ3v) is 8.33. The van der Waals surface area contributed by atoms with Gasteiger partial charge in [0.25, 0.3) is 0 Å². The molecule has 3 aromatic heterocycles. The van der Waals surface area contributed by atoms with Crippen LogP contribution in [-0.4, -0.2) is 67.3 Å². The number of aromatic nitrogens is 3. The zero-order chi connectivity index (χ0) is 27.5. The Morgan fingerprint density at radius 3 is 2.60 bits per heavy atom. The third-order valence-electron chi connectivity index (χ3n) is 8.33. The second-order valence-electron chi connectivity index (χ2n) is 10.7. The van der Waals surface area contributed by atoms with Gasteiger partial charge in [-0.15, -0.1) is 0 Å². The van der Waals surface area contributed by atoms with Crippen LogP contribution in [0.25, 0.3) is 27.7 Å². The lowest BCUT2D eigenvalue weighted by molar-refractivity contribution is -0.119. The van der Waals surface area contributed by atoms with Crippen molar-refractivity contribution < 1.29 is 23.6 Å². The summed E-state index contributed by atoms with van der Waals surface area (Å²) in [6, 6.07) is 8.22. The monoisotopic (exact) mass is 539 g/mol. The largest absolute Gasteiger partial charge is 0.345 e. The summed E-state index contributed by atoms with van der Waals surface area (Å²) >= 11 is 0. The lowest BCUT2D eigenvalue weighted by atomic mass is 9.97. The summed E-state index contributed by atoms with van der Waals surface area (Å²) in [5.74, 6) is -1.08. The Labute approximate surface area is 228 Å². The van der Waals surface area contributed by atoms with E-state index in [2.05, 4.69) is 4.98 Å². The molecule has 0 unspecified atom stereocenters. The molecule has 40 heavy (non-hydrogen) atoms. The number of fused-ring (bicyclic) bond motifs is 1. The molecule has 9 nitrogen and oxygen atoms in total. The minimum Gasteiger partial charge on any atom is -0.345 e. The quantitative estimate of drug-likeness (QED) is 0.292. The molecule has 2 aliphatic heterocycles. The zero-order valence-electron chi connectivity index (χ0n) is 21.7. The highest BCUT2D eigenvalue weighted by Gasteiger charge is 2.36. The van der Waals surface area contributed by atoms with E-state index >= 15 is 4.39 Å². The molecule has 1 saturated heterocycles. The van der Waals surface area contributed by atoms with Gasteiger partial charge in [-0.25, -0.2) is 14.2 Å². The molecule has 2 amide bonds. The van der Waals surface area contributed by atoms with Crippen molar-refractivity contribution in [2.75, 3.05) is 19.6 Å². The van der Waals surface area contributed by atoms with Gasteiger partial charge in [0.15, 0.2) is 11.6 Å². The summed E-state index contributed by atoms with van der Waals surface area (Å²) in [5, 5.41) is 0.542. The van der Waals surface area contributed by atoms with Crippen molar-refractivity contribution in [1.82, 2.24) is 23.8 Å². The predicted octanol–water partition coefficient (Wildman–Crippen LogP) is 3.73. The minimum absolute atomic E-state index is 0.0138. The number of aldehydes is 1. The first-order valence-corrected chi connectivity index (χ1v) is 13.5. The Bertz CT molecular complexity index is 1780. The van der Waals surface area contributed by atoms with Gasteiger partial charge in [0.2, 0.25) is 0 Å². The molecule has 7 rings (SSSR count). The molecule has 1 aromatic carbocycles. The minimum atomic E-state index is -0.476. The predicted molar refractivity (Wildman–Crippen MR) is 145 cm³/mol. The first-order valence-electron chi connectivity index (χ1n) is 13.5. The number of piperidine rings is 1. The molecule has 4 aromatic rings. The van der Waals surface area contributed by atoms with Gasteiger partial charge in [0.05, 0.1) is 29.4 Å². The maximum atomic E-state index is 15.1. The number of benzene rings is 1. The van der Waals surface area contributed by atoms with Gasteiger partial charge in [-0.1, -0.05) is 6.07 Å². The van der Waals surface area contributed by atoms with Crippen LogP contribution in [0.4, 0.5) is 9.18 Å². The molecule has 0 bridgehead atoms. The summed E-state index contributed by atoms with van der Waals surface area (Å²) in [6.07, 6.45) is 7.21. The fourth-order valence-corrected chi connectivity index (χ4v) is 6.36. The first kappa shape index (κ1) is 24.4. The van der Waals surface area contributed by atoms with Crippen LogP contribution in [0.3, 0.4) is 0 Å². The Balaban J connectivity index is 1.31. The molecule has 5 heterocycles. The Morgan fingerprint density at radius 2 is 1.80 bits per heavy atom. The van der Waals surface area contributed by atoms with Gasteiger partial charge < -0.3 is 19.2 Å². The van der Waals surface area contributed by atoms with Gasteiger partial charge >= 0.3 is 6.03 Å². The smallest absolute Gasteiger partial charge is 0.320 e. The van der Waals surface area contributed by atoms with Gasteiger partial charge in [-0.05, 0) is 42.7 Å². The van der Waals surface area contributed by atoms with Crippen molar-refractivity contribution in [3.8, 4) is 0 Å². The fourth-order valence-electron chi connectivity index (χ4n) is 6.36. The molecule has 0 spiro atoms. The van der Waals surface area contributed by atoms with Crippen molar-refractivity contribution in [1.29, 1.82) is 0 Å². The van der Waals surface area contributed by atoms with Crippen LogP contribution in [0.1, 0.15) is 36.1 Å². The number of ketones is 2. The molecule has 1 aliphatic carbocycles. The second kappa shape index (κ2) is 9.25. The maximum absolute atomic E-state index is 15.1.